The van der Waals surface area contributed by atoms with Gasteiger partial charge in [0.25, 0.3) is 0 Å². The maximum absolute atomic E-state index is 12.5. The Balaban J connectivity index is 1.46. The number of ether oxygens (including phenoxy) is 1. The Kier molecular flexibility index (Phi) is 3.72. The standard InChI is InChI=1S/C16H21N5O2/c1-11-2-3-14-17-18-15(21(14)19-11)12-4-7-20(8-5-12)16(22)13-6-9-23-10-13/h2-3,12-13H,4-10H2,1H3. The largest absolute Gasteiger partial charge is 0.381 e. The van der Waals surface area contributed by atoms with Crippen molar-refractivity contribution in [2.45, 2.75) is 32.1 Å². The van der Waals surface area contributed by atoms with Crippen LogP contribution in [0, 0.1) is 12.8 Å². The van der Waals surface area contributed by atoms with Crippen molar-refractivity contribution in [1.29, 1.82) is 0 Å². The molecule has 2 fully saturated rings. The number of aryl methyl sites for hydroxylation is 1. The van der Waals surface area contributed by atoms with E-state index in [0.29, 0.717) is 19.1 Å². The third kappa shape index (κ3) is 2.69. The van der Waals surface area contributed by atoms with E-state index < -0.39 is 0 Å². The number of fused-ring (bicyclic) bond motifs is 1. The number of piperidine rings is 1. The molecule has 122 valence electrons. The summed E-state index contributed by atoms with van der Waals surface area (Å²) in [4.78, 5) is 14.4. The molecule has 4 heterocycles. The van der Waals surface area contributed by atoms with Crippen molar-refractivity contribution in [2.24, 2.45) is 5.92 Å². The summed E-state index contributed by atoms with van der Waals surface area (Å²) in [5.74, 6) is 1.54. The Labute approximate surface area is 134 Å². The predicted molar refractivity (Wildman–Crippen MR) is 83.0 cm³/mol. The van der Waals surface area contributed by atoms with Gasteiger partial charge < -0.3 is 9.64 Å². The average molecular weight is 315 g/mol. The number of carbonyl (C=O) groups is 1. The van der Waals surface area contributed by atoms with E-state index in [-0.39, 0.29) is 11.8 Å². The molecule has 0 saturated carbocycles. The third-order valence-corrected chi connectivity index (χ3v) is 4.87. The first kappa shape index (κ1) is 14.6. The summed E-state index contributed by atoms with van der Waals surface area (Å²) in [5, 5.41) is 13.1. The molecule has 2 aliphatic rings. The van der Waals surface area contributed by atoms with Gasteiger partial charge in [0, 0.05) is 25.6 Å². The van der Waals surface area contributed by atoms with Crippen molar-refractivity contribution >= 4 is 11.6 Å². The second-order valence-electron chi connectivity index (χ2n) is 6.46. The maximum atomic E-state index is 12.5. The second-order valence-corrected chi connectivity index (χ2v) is 6.46. The van der Waals surface area contributed by atoms with E-state index in [9.17, 15) is 4.79 Å². The fourth-order valence-corrected chi connectivity index (χ4v) is 3.50. The summed E-state index contributed by atoms with van der Waals surface area (Å²) >= 11 is 0. The Morgan fingerprint density at radius 3 is 2.78 bits per heavy atom. The molecule has 2 aliphatic heterocycles. The molecule has 2 aromatic rings. The Bertz CT molecular complexity index is 714. The van der Waals surface area contributed by atoms with Gasteiger partial charge in [0.05, 0.1) is 18.2 Å². The van der Waals surface area contributed by atoms with E-state index in [1.54, 1.807) is 0 Å². The topological polar surface area (TPSA) is 72.6 Å². The van der Waals surface area contributed by atoms with Crippen LogP contribution in [0.2, 0.25) is 0 Å². The lowest BCUT2D eigenvalue weighted by Gasteiger charge is -2.32. The minimum Gasteiger partial charge on any atom is -0.381 e. The fraction of sp³-hybridized carbons (Fsp3) is 0.625. The molecule has 0 radical (unpaired) electrons. The second kappa shape index (κ2) is 5.88. The molecule has 7 nitrogen and oxygen atoms in total. The van der Waals surface area contributed by atoms with Gasteiger partial charge in [0.15, 0.2) is 11.5 Å². The maximum Gasteiger partial charge on any atom is 0.228 e. The van der Waals surface area contributed by atoms with Crippen LogP contribution in [0.4, 0.5) is 0 Å². The van der Waals surface area contributed by atoms with E-state index in [1.165, 1.54) is 0 Å². The summed E-state index contributed by atoms with van der Waals surface area (Å²) < 4.78 is 7.18. The van der Waals surface area contributed by atoms with Gasteiger partial charge in [0.1, 0.15) is 0 Å². The van der Waals surface area contributed by atoms with Crippen molar-refractivity contribution in [3.63, 3.8) is 0 Å². The lowest BCUT2D eigenvalue weighted by Crippen LogP contribution is -2.41. The van der Waals surface area contributed by atoms with Crippen molar-refractivity contribution < 1.29 is 9.53 Å². The first-order valence-electron chi connectivity index (χ1n) is 8.28. The van der Waals surface area contributed by atoms with Gasteiger partial charge >= 0.3 is 0 Å². The molecule has 2 aromatic heterocycles. The van der Waals surface area contributed by atoms with E-state index >= 15 is 0 Å². The first-order chi connectivity index (χ1) is 11.2. The van der Waals surface area contributed by atoms with Crippen LogP contribution in [-0.4, -0.2) is 56.9 Å². The molecular formula is C16H21N5O2. The normalized spacial score (nSPS) is 22.8. The highest BCUT2D eigenvalue weighted by Gasteiger charge is 2.32. The molecular weight excluding hydrogens is 294 g/mol. The SMILES string of the molecule is Cc1ccc2nnc(C3CCN(C(=O)C4CCOC4)CC3)n2n1. The van der Waals surface area contributed by atoms with Gasteiger partial charge in [-0.15, -0.1) is 10.2 Å². The van der Waals surface area contributed by atoms with Gasteiger partial charge in [-0.1, -0.05) is 0 Å². The molecule has 1 atom stereocenters. The number of aromatic nitrogens is 4. The van der Waals surface area contributed by atoms with Crippen molar-refractivity contribution in [2.75, 3.05) is 26.3 Å². The van der Waals surface area contributed by atoms with Crippen LogP contribution in [0.15, 0.2) is 12.1 Å². The number of rotatable bonds is 2. The molecule has 23 heavy (non-hydrogen) atoms. The predicted octanol–water partition coefficient (Wildman–Crippen LogP) is 1.18. The quantitative estimate of drug-likeness (QED) is 0.832. The van der Waals surface area contributed by atoms with Crippen molar-refractivity contribution in [1.82, 2.24) is 24.7 Å². The number of hydrogen-bond donors (Lipinski definition) is 0. The van der Waals surface area contributed by atoms with Crippen LogP contribution >= 0.6 is 0 Å². The summed E-state index contributed by atoms with van der Waals surface area (Å²) in [7, 11) is 0. The Morgan fingerprint density at radius 2 is 2.04 bits per heavy atom. The first-order valence-corrected chi connectivity index (χ1v) is 8.28. The van der Waals surface area contributed by atoms with E-state index in [4.69, 9.17) is 4.74 Å². The number of amides is 1. The number of likely N-dealkylation sites (tertiary alicyclic amines) is 1. The van der Waals surface area contributed by atoms with Crippen LogP contribution in [0.5, 0.6) is 0 Å². The molecule has 2 saturated heterocycles. The highest BCUT2D eigenvalue weighted by atomic mass is 16.5. The van der Waals surface area contributed by atoms with Crippen LogP contribution < -0.4 is 0 Å². The van der Waals surface area contributed by atoms with Gasteiger partial charge in [-0.2, -0.15) is 9.61 Å². The number of nitrogens with zero attached hydrogens (tertiary/aromatic N) is 5. The molecule has 7 heteroatoms. The molecule has 0 spiro atoms. The van der Waals surface area contributed by atoms with Crippen molar-refractivity contribution in [3.8, 4) is 0 Å². The molecule has 0 aliphatic carbocycles. The number of carbonyl (C=O) groups excluding carboxylic acids is 1. The van der Waals surface area contributed by atoms with Gasteiger partial charge in [-0.05, 0) is 38.3 Å². The minimum atomic E-state index is 0.0600. The van der Waals surface area contributed by atoms with Gasteiger partial charge in [0.2, 0.25) is 5.91 Å². The summed E-state index contributed by atoms with van der Waals surface area (Å²) in [6.45, 7) is 4.82. The average Bonchev–Trinajstić information content (AvgIpc) is 3.24. The van der Waals surface area contributed by atoms with Crippen LogP contribution in [0.1, 0.15) is 36.7 Å². The van der Waals surface area contributed by atoms with Crippen molar-refractivity contribution in [3.05, 3.63) is 23.7 Å². The lowest BCUT2D eigenvalue weighted by molar-refractivity contribution is -0.136. The smallest absolute Gasteiger partial charge is 0.228 e. The zero-order valence-corrected chi connectivity index (χ0v) is 13.3. The number of hydrogen-bond acceptors (Lipinski definition) is 5. The summed E-state index contributed by atoms with van der Waals surface area (Å²) in [5.41, 5.74) is 1.74. The summed E-state index contributed by atoms with van der Waals surface area (Å²) in [6, 6.07) is 3.89. The highest BCUT2D eigenvalue weighted by molar-refractivity contribution is 5.79. The zero-order valence-electron chi connectivity index (χ0n) is 13.3. The third-order valence-electron chi connectivity index (χ3n) is 4.87. The van der Waals surface area contributed by atoms with Crippen LogP contribution in [-0.2, 0) is 9.53 Å². The van der Waals surface area contributed by atoms with Gasteiger partial charge in [-0.25, -0.2) is 0 Å². The minimum absolute atomic E-state index is 0.0600. The van der Waals surface area contributed by atoms with Crippen LogP contribution in [0.3, 0.4) is 0 Å². The molecule has 0 N–H and O–H groups in total. The zero-order chi connectivity index (χ0) is 15.8. The van der Waals surface area contributed by atoms with Gasteiger partial charge in [-0.3, -0.25) is 4.79 Å². The Hall–Kier alpha value is -2.02. The highest BCUT2D eigenvalue weighted by Crippen LogP contribution is 2.28. The van der Waals surface area contributed by atoms with E-state index in [0.717, 1.165) is 49.5 Å². The monoisotopic (exact) mass is 315 g/mol. The fourth-order valence-electron chi connectivity index (χ4n) is 3.50. The molecule has 1 unspecified atom stereocenters. The van der Waals surface area contributed by atoms with Crippen LogP contribution in [0.25, 0.3) is 5.65 Å². The summed E-state index contributed by atoms with van der Waals surface area (Å²) in [6.07, 6.45) is 2.68. The Morgan fingerprint density at radius 1 is 1.22 bits per heavy atom. The van der Waals surface area contributed by atoms with E-state index in [2.05, 4.69) is 15.3 Å². The molecule has 1 amide bonds. The molecule has 0 aromatic carbocycles. The lowest BCUT2D eigenvalue weighted by atomic mass is 9.95. The molecule has 4 rings (SSSR count). The molecule has 0 bridgehead atoms. The van der Waals surface area contributed by atoms with E-state index in [1.807, 2.05) is 28.5 Å².